The lowest BCUT2D eigenvalue weighted by Crippen LogP contribution is -2.16. The largest absolute Gasteiger partial charge is 0.390 e. The van der Waals surface area contributed by atoms with Crippen LogP contribution in [0.2, 0.25) is 5.02 Å². The summed E-state index contributed by atoms with van der Waals surface area (Å²) >= 11 is 8.06. The Bertz CT molecular complexity index is 952. The summed E-state index contributed by atoms with van der Waals surface area (Å²) in [7, 11) is -3.81. The molecular weight excluding hydrogens is 437 g/mol. The molecule has 1 N–H and O–H groups in total. The molecule has 7 heteroatoms. The van der Waals surface area contributed by atoms with E-state index >= 15 is 0 Å². The van der Waals surface area contributed by atoms with Gasteiger partial charge in [-0.05, 0) is 46.9 Å². The number of halogens is 2. The SMILES string of the molecule is O=S(=O)(c1ccccc1)n1c(CO)c(I)c2ccc(Cl)cc21. The van der Waals surface area contributed by atoms with E-state index in [0.29, 0.717) is 19.8 Å². The number of rotatable bonds is 3. The highest BCUT2D eigenvalue weighted by molar-refractivity contribution is 14.1. The number of aliphatic hydroxyl groups excluding tert-OH is 1. The van der Waals surface area contributed by atoms with Crippen LogP contribution in [0.4, 0.5) is 0 Å². The average molecular weight is 448 g/mol. The van der Waals surface area contributed by atoms with Crippen LogP contribution in [-0.2, 0) is 16.6 Å². The fourth-order valence-electron chi connectivity index (χ4n) is 2.35. The van der Waals surface area contributed by atoms with Gasteiger partial charge in [0.1, 0.15) is 0 Å². The molecule has 3 rings (SSSR count). The van der Waals surface area contributed by atoms with Crippen molar-refractivity contribution in [3.05, 3.63) is 62.8 Å². The molecule has 0 amide bonds. The van der Waals surface area contributed by atoms with Crippen molar-refractivity contribution in [3.8, 4) is 0 Å². The van der Waals surface area contributed by atoms with Crippen LogP contribution in [-0.4, -0.2) is 17.5 Å². The number of benzene rings is 2. The molecule has 2 aromatic carbocycles. The maximum atomic E-state index is 13.0. The lowest BCUT2D eigenvalue weighted by atomic mass is 10.2. The molecule has 22 heavy (non-hydrogen) atoms. The lowest BCUT2D eigenvalue weighted by Gasteiger charge is -2.11. The van der Waals surface area contributed by atoms with Crippen LogP contribution in [0.25, 0.3) is 10.9 Å². The van der Waals surface area contributed by atoms with Crippen molar-refractivity contribution in [2.75, 3.05) is 0 Å². The minimum atomic E-state index is -3.81. The van der Waals surface area contributed by atoms with E-state index in [0.717, 1.165) is 5.39 Å². The molecule has 0 fully saturated rings. The van der Waals surface area contributed by atoms with Crippen molar-refractivity contribution in [1.29, 1.82) is 0 Å². The Morgan fingerprint density at radius 1 is 1.14 bits per heavy atom. The van der Waals surface area contributed by atoms with Gasteiger partial charge in [-0.3, -0.25) is 0 Å². The van der Waals surface area contributed by atoms with Gasteiger partial charge >= 0.3 is 0 Å². The number of hydrogen-bond donors (Lipinski definition) is 1. The second-order valence-electron chi connectivity index (χ2n) is 4.66. The van der Waals surface area contributed by atoms with Gasteiger partial charge in [-0.2, -0.15) is 0 Å². The topological polar surface area (TPSA) is 59.3 Å². The van der Waals surface area contributed by atoms with Crippen molar-refractivity contribution < 1.29 is 13.5 Å². The average Bonchev–Trinajstić information content (AvgIpc) is 2.80. The summed E-state index contributed by atoms with van der Waals surface area (Å²) in [5.74, 6) is 0. The van der Waals surface area contributed by atoms with Crippen molar-refractivity contribution in [3.63, 3.8) is 0 Å². The zero-order chi connectivity index (χ0) is 15.9. The Kier molecular flexibility index (Phi) is 4.19. The number of hydrogen-bond acceptors (Lipinski definition) is 3. The van der Waals surface area contributed by atoms with E-state index < -0.39 is 10.0 Å². The predicted molar refractivity (Wildman–Crippen MR) is 94.6 cm³/mol. The number of aromatic nitrogens is 1. The van der Waals surface area contributed by atoms with Crippen LogP contribution in [0.1, 0.15) is 5.69 Å². The monoisotopic (exact) mass is 447 g/mol. The molecule has 0 saturated heterocycles. The zero-order valence-corrected chi connectivity index (χ0v) is 14.9. The summed E-state index contributed by atoms with van der Waals surface area (Å²) in [4.78, 5) is 0.165. The van der Waals surface area contributed by atoms with Gasteiger partial charge < -0.3 is 5.11 Å². The summed E-state index contributed by atoms with van der Waals surface area (Å²) in [5, 5.41) is 10.8. The molecule has 0 spiro atoms. The molecule has 0 saturated carbocycles. The van der Waals surface area contributed by atoms with Gasteiger partial charge in [-0.1, -0.05) is 35.9 Å². The Labute approximate surface area is 146 Å². The molecule has 0 aliphatic rings. The fourth-order valence-corrected chi connectivity index (χ4v) is 5.11. The highest BCUT2D eigenvalue weighted by atomic mass is 127. The highest BCUT2D eigenvalue weighted by Crippen LogP contribution is 2.33. The van der Waals surface area contributed by atoms with Crippen LogP contribution in [0.5, 0.6) is 0 Å². The highest BCUT2D eigenvalue weighted by Gasteiger charge is 2.25. The van der Waals surface area contributed by atoms with Crippen LogP contribution in [0, 0.1) is 3.57 Å². The summed E-state index contributed by atoms with van der Waals surface area (Å²) < 4.78 is 27.8. The summed E-state index contributed by atoms with van der Waals surface area (Å²) in [6.45, 7) is -0.378. The first-order chi connectivity index (χ1) is 10.5. The minimum absolute atomic E-state index is 0.165. The van der Waals surface area contributed by atoms with Gasteiger partial charge in [-0.15, -0.1) is 0 Å². The maximum absolute atomic E-state index is 13.0. The van der Waals surface area contributed by atoms with E-state index in [4.69, 9.17) is 11.6 Å². The zero-order valence-electron chi connectivity index (χ0n) is 11.2. The van der Waals surface area contributed by atoms with Crippen LogP contribution in [0.3, 0.4) is 0 Å². The number of nitrogens with zero attached hydrogens (tertiary/aromatic N) is 1. The third-order valence-corrected chi connectivity index (χ3v) is 6.55. The normalized spacial score (nSPS) is 12.0. The van der Waals surface area contributed by atoms with Gasteiger partial charge in [0.2, 0.25) is 0 Å². The van der Waals surface area contributed by atoms with Gasteiger partial charge in [0, 0.05) is 14.0 Å². The van der Waals surface area contributed by atoms with Crippen LogP contribution >= 0.6 is 34.2 Å². The van der Waals surface area contributed by atoms with Gasteiger partial charge in [0.15, 0.2) is 0 Å². The van der Waals surface area contributed by atoms with Gasteiger partial charge in [-0.25, -0.2) is 12.4 Å². The van der Waals surface area contributed by atoms with E-state index in [1.807, 2.05) is 22.6 Å². The number of aliphatic hydroxyl groups is 1. The van der Waals surface area contributed by atoms with E-state index in [2.05, 4.69) is 0 Å². The molecule has 1 aromatic heterocycles. The first-order valence-electron chi connectivity index (χ1n) is 6.36. The molecule has 0 aliphatic heterocycles. The quantitative estimate of drug-likeness (QED) is 0.624. The molecule has 0 unspecified atom stereocenters. The second kappa shape index (κ2) is 5.84. The Morgan fingerprint density at radius 3 is 2.45 bits per heavy atom. The Hall–Kier alpha value is -1.09. The molecule has 0 radical (unpaired) electrons. The third-order valence-electron chi connectivity index (χ3n) is 3.34. The molecule has 1 heterocycles. The first kappa shape index (κ1) is 15.8. The first-order valence-corrected chi connectivity index (χ1v) is 9.26. The minimum Gasteiger partial charge on any atom is -0.390 e. The fraction of sp³-hybridized carbons (Fsp3) is 0.0667. The molecular formula is C15H11ClINO3S. The predicted octanol–water partition coefficient (Wildman–Crippen LogP) is 3.63. The van der Waals surface area contributed by atoms with Crippen molar-refractivity contribution in [2.45, 2.75) is 11.5 Å². The molecule has 3 aromatic rings. The van der Waals surface area contributed by atoms with Crippen LogP contribution < -0.4 is 0 Å². The van der Waals surface area contributed by atoms with Crippen molar-refractivity contribution >= 4 is 55.1 Å². The molecule has 0 aliphatic carbocycles. The second-order valence-corrected chi connectivity index (χ2v) is 7.96. The molecule has 114 valence electrons. The van der Waals surface area contributed by atoms with Gasteiger partial charge in [0.05, 0.1) is 22.7 Å². The van der Waals surface area contributed by atoms with Crippen molar-refractivity contribution in [2.24, 2.45) is 0 Å². The number of fused-ring (bicyclic) bond motifs is 1. The smallest absolute Gasteiger partial charge is 0.268 e. The molecule has 0 bridgehead atoms. The summed E-state index contributed by atoms with van der Waals surface area (Å²) in [6.07, 6.45) is 0. The molecule has 4 nitrogen and oxygen atoms in total. The van der Waals surface area contributed by atoms with Crippen molar-refractivity contribution in [1.82, 2.24) is 3.97 Å². The summed E-state index contributed by atoms with van der Waals surface area (Å²) in [5.41, 5.74) is 0.798. The standard InChI is InChI=1S/C15H11ClINO3S/c16-10-6-7-12-13(8-10)18(14(9-19)15(12)17)22(20,21)11-4-2-1-3-5-11/h1-8,19H,9H2. The third kappa shape index (κ3) is 2.44. The molecule has 0 atom stereocenters. The lowest BCUT2D eigenvalue weighted by molar-refractivity contribution is 0.275. The van der Waals surface area contributed by atoms with Crippen LogP contribution in [0.15, 0.2) is 53.4 Å². The Balaban J connectivity index is 2.42. The summed E-state index contributed by atoms with van der Waals surface area (Å²) in [6, 6.07) is 13.2. The van der Waals surface area contributed by atoms with E-state index in [1.165, 1.54) is 16.1 Å². The van der Waals surface area contributed by atoms with E-state index in [-0.39, 0.29) is 11.5 Å². The van der Waals surface area contributed by atoms with E-state index in [1.54, 1.807) is 36.4 Å². The van der Waals surface area contributed by atoms with E-state index in [9.17, 15) is 13.5 Å². The Morgan fingerprint density at radius 2 is 1.82 bits per heavy atom. The van der Waals surface area contributed by atoms with Gasteiger partial charge in [0.25, 0.3) is 10.0 Å². The maximum Gasteiger partial charge on any atom is 0.268 e.